The van der Waals surface area contributed by atoms with Crippen molar-refractivity contribution in [3.05, 3.63) is 172 Å². The quantitative estimate of drug-likeness (QED) is 0.0937. The van der Waals surface area contributed by atoms with Gasteiger partial charge in [0.05, 0.1) is 33.0 Å². The molecule has 0 radical (unpaired) electrons. The van der Waals surface area contributed by atoms with Crippen molar-refractivity contribution < 1.29 is 33.2 Å². The third kappa shape index (κ3) is 8.57. The van der Waals surface area contributed by atoms with Crippen molar-refractivity contribution in [3.8, 4) is 5.75 Å². The van der Waals surface area contributed by atoms with Gasteiger partial charge in [-0.2, -0.15) is 0 Å². The van der Waals surface area contributed by atoms with Gasteiger partial charge in [0.25, 0.3) is 0 Å². The van der Waals surface area contributed by atoms with E-state index in [2.05, 4.69) is 0 Å². The van der Waals surface area contributed by atoms with Gasteiger partial charge in [-0.15, -0.1) is 0 Å². The predicted molar refractivity (Wildman–Crippen MR) is 206 cm³/mol. The van der Waals surface area contributed by atoms with Crippen LogP contribution >= 0.6 is 11.6 Å². The Morgan fingerprint density at radius 3 is 1.85 bits per heavy atom. The lowest BCUT2D eigenvalue weighted by Crippen LogP contribution is -2.66. The van der Waals surface area contributed by atoms with Gasteiger partial charge in [0.2, 0.25) is 5.79 Å². The molecule has 2 fully saturated rings. The predicted octanol–water partition coefficient (Wildman–Crippen LogP) is 9.26. The van der Waals surface area contributed by atoms with E-state index in [0.29, 0.717) is 24.7 Å². The zero-order valence-corrected chi connectivity index (χ0v) is 30.0. The van der Waals surface area contributed by atoms with Gasteiger partial charge >= 0.3 is 0 Å². The molecule has 0 amide bonds. The Bertz CT molecular complexity index is 1890. The Morgan fingerprint density at radius 2 is 1.28 bits per heavy atom. The van der Waals surface area contributed by atoms with Crippen molar-refractivity contribution in [2.45, 2.75) is 76.7 Å². The lowest BCUT2D eigenvalue weighted by Gasteiger charge is -2.50. The van der Waals surface area contributed by atoms with Crippen LogP contribution in [0.25, 0.3) is 0 Å². The van der Waals surface area contributed by atoms with E-state index in [9.17, 15) is 4.79 Å². The van der Waals surface area contributed by atoms with E-state index in [0.717, 1.165) is 45.4 Å². The molecule has 0 spiro atoms. The molecule has 2 saturated heterocycles. The van der Waals surface area contributed by atoms with Crippen molar-refractivity contribution in [3.63, 3.8) is 0 Å². The van der Waals surface area contributed by atoms with Crippen LogP contribution < -0.4 is 4.74 Å². The first-order valence-corrected chi connectivity index (χ1v) is 18.1. The molecule has 5 atom stereocenters. The summed E-state index contributed by atoms with van der Waals surface area (Å²) in [4.78, 5) is 12.5. The number of benzene rings is 5. The number of carbonyl (C=O) groups is 1. The number of rotatable bonds is 16. The summed E-state index contributed by atoms with van der Waals surface area (Å²) in [5.41, 5.74) is 4.49. The highest BCUT2D eigenvalue weighted by molar-refractivity contribution is 6.31. The Labute approximate surface area is 317 Å². The number of aldehydes is 1. The van der Waals surface area contributed by atoms with Gasteiger partial charge in [0.15, 0.2) is 0 Å². The van der Waals surface area contributed by atoms with Crippen LogP contribution in [0.15, 0.2) is 133 Å². The molecule has 0 N–H and O–H groups in total. The van der Waals surface area contributed by atoms with E-state index < -0.39 is 29.7 Å². The number of hydrogen-bond donors (Lipinski definition) is 0. The minimum Gasteiger partial charge on any atom is -0.494 e. The van der Waals surface area contributed by atoms with Gasteiger partial charge in [0.1, 0.15) is 35.9 Å². The topological polar surface area (TPSA) is 72.5 Å². The zero-order valence-electron chi connectivity index (χ0n) is 29.2. The molecular weight excluding hydrogens is 688 g/mol. The highest BCUT2D eigenvalue weighted by atomic mass is 35.5. The summed E-state index contributed by atoms with van der Waals surface area (Å²) >= 11 is 6.86. The summed E-state index contributed by atoms with van der Waals surface area (Å²) in [7, 11) is 0. The first kappa shape index (κ1) is 38.4. The summed E-state index contributed by atoms with van der Waals surface area (Å²) in [5.74, 6) is -0.625. The second-order valence-electron chi connectivity index (χ2n) is 13.2. The average molecular weight is 735 g/mol. The second-order valence-corrected chi connectivity index (χ2v) is 13.7. The van der Waals surface area contributed by atoms with E-state index in [1.54, 1.807) is 0 Å². The van der Waals surface area contributed by atoms with Crippen molar-refractivity contribution in [1.82, 2.24) is 0 Å². The first-order valence-electron chi connectivity index (χ1n) is 17.8. The molecule has 0 saturated carbocycles. The highest BCUT2D eigenvalue weighted by Gasteiger charge is 2.69. The summed E-state index contributed by atoms with van der Waals surface area (Å²) in [5, 5.41) is 0.615. The smallest absolute Gasteiger partial charge is 0.225 e. The Balaban J connectivity index is 0.00000481. The monoisotopic (exact) mass is 734 g/mol. The summed E-state index contributed by atoms with van der Waals surface area (Å²) in [6.07, 6.45) is -0.739. The van der Waals surface area contributed by atoms with Crippen LogP contribution in [0.3, 0.4) is 0 Å². The van der Waals surface area contributed by atoms with Crippen LogP contribution in [0.4, 0.5) is 0 Å². The SMILES string of the molecule is C.CCOc1ccc(Cc2cc([C@]34OC[C@](CC=O)(O3)[C@@H](OCc3ccccc3)C(OCc3ccccc3)[C@H]4OCc3ccccc3)ccc2Cl)cc1. The summed E-state index contributed by atoms with van der Waals surface area (Å²) < 4.78 is 40.2. The zero-order chi connectivity index (χ0) is 35.8. The molecule has 7 nitrogen and oxygen atoms in total. The van der Waals surface area contributed by atoms with E-state index in [4.69, 9.17) is 40.0 Å². The normalized spacial score (nSPS) is 23.2. The molecule has 2 bridgehead atoms. The largest absolute Gasteiger partial charge is 0.494 e. The van der Waals surface area contributed by atoms with Gasteiger partial charge < -0.3 is 33.2 Å². The summed E-state index contributed by atoms with van der Waals surface area (Å²) in [6, 6.07) is 43.7. The minimum atomic E-state index is -1.44. The van der Waals surface area contributed by atoms with E-state index in [1.807, 2.05) is 140 Å². The molecule has 276 valence electrons. The molecule has 2 heterocycles. The fourth-order valence-electron chi connectivity index (χ4n) is 7.14. The third-order valence-electron chi connectivity index (χ3n) is 9.71. The van der Waals surface area contributed by atoms with Crippen LogP contribution in [-0.4, -0.2) is 43.4 Å². The van der Waals surface area contributed by atoms with E-state index >= 15 is 0 Å². The molecule has 7 rings (SSSR count). The van der Waals surface area contributed by atoms with Crippen LogP contribution in [0, 0.1) is 0 Å². The number of fused-ring (bicyclic) bond motifs is 2. The second kappa shape index (κ2) is 17.7. The van der Waals surface area contributed by atoms with Gasteiger partial charge in [-0.3, -0.25) is 0 Å². The number of halogens is 1. The van der Waals surface area contributed by atoms with Crippen LogP contribution in [0.2, 0.25) is 5.02 Å². The molecule has 2 aliphatic heterocycles. The molecular formula is C45H47ClO7. The van der Waals surface area contributed by atoms with Crippen molar-refractivity contribution in [1.29, 1.82) is 0 Å². The maximum atomic E-state index is 12.5. The van der Waals surface area contributed by atoms with Gasteiger partial charge in [-0.05, 0) is 65.4 Å². The molecule has 1 unspecified atom stereocenters. The highest BCUT2D eigenvalue weighted by Crippen LogP contribution is 2.54. The molecule has 5 aromatic rings. The maximum absolute atomic E-state index is 12.5. The van der Waals surface area contributed by atoms with Crippen LogP contribution in [0.1, 0.15) is 54.2 Å². The fraction of sp³-hybridized carbons (Fsp3) is 0.311. The molecule has 5 aromatic carbocycles. The van der Waals surface area contributed by atoms with Crippen LogP contribution in [-0.2, 0) is 60.5 Å². The Hall–Kier alpha value is -4.34. The number of hydrogen-bond acceptors (Lipinski definition) is 7. The van der Waals surface area contributed by atoms with Crippen molar-refractivity contribution >= 4 is 17.9 Å². The fourth-order valence-corrected chi connectivity index (χ4v) is 7.32. The maximum Gasteiger partial charge on any atom is 0.225 e. The average Bonchev–Trinajstić information content (AvgIpc) is 3.53. The lowest BCUT2D eigenvalue weighted by atomic mass is 9.81. The van der Waals surface area contributed by atoms with Gasteiger partial charge in [-0.25, -0.2) is 0 Å². The minimum absolute atomic E-state index is 0. The standard InChI is InChI=1S/C44H43ClO7.CH4/c1-2-47-38-21-18-32(19-22-38)26-36-27-37(20-23-39(36)45)44-42(50-30-35-16-10-5-11-17-35)40(48-28-33-12-6-3-7-13-33)41(43(52-44,24-25-46)31-51-44)49-29-34-14-8-4-9-15-34;/h3-23,25,27,40-42H,2,24,26,28-31H2,1H3;1H4/t40?,41-,42+,43-,44-;/m0./s1. The van der Waals surface area contributed by atoms with E-state index in [-0.39, 0.29) is 33.7 Å². The molecule has 0 aromatic heterocycles. The third-order valence-corrected chi connectivity index (χ3v) is 10.1. The van der Waals surface area contributed by atoms with E-state index in [1.165, 1.54) is 0 Å². The van der Waals surface area contributed by atoms with Crippen molar-refractivity contribution in [2.75, 3.05) is 13.2 Å². The van der Waals surface area contributed by atoms with Crippen LogP contribution in [0.5, 0.6) is 5.75 Å². The first-order chi connectivity index (χ1) is 25.5. The molecule has 53 heavy (non-hydrogen) atoms. The summed E-state index contributed by atoms with van der Waals surface area (Å²) in [6.45, 7) is 3.50. The number of carbonyl (C=O) groups excluding carboxylic acids is 1. The molecule has 2 aliphatic rings. The Morgan fingerprint density at radius 1 is 0.717 bits per heavy atom. The van der Waals surface area contributed by atoms with Gasteiger partial charge in [-0.1, -0.05) is 128 Å². The lowest BCUT2D eigenvalue weighted by molar-refractivity contribution is -0.349. The van der Waals surface area contributed by atoms with Crippen molar-refractivity contribution in [2.24, 2.45) is 0 Å². The number of ether oxygens (including phenoxy) is 6. The Kier molecular flexibility index (Phi) is 12.8. The molecule has 8 heteroatoms. The van der Waals surface area contributed by atoms with Gasteiger partial charge in [0, 0.05) is 17.0 Å². The molecule has 0 aliphatic carbocycles.